The second-order valence-corrected chi connectivity index (χ2v) is 5.30. The molecule has 0 saturated carbocycles. The molecular formula is C14H15BrN4O. The molecule has 0 aliphatic rings. The van der Waals surface area contributed by atoms with Crippen LogP contribution in [0.4, 0.5) is 11.5 Å². The number of anilines is 2. The van der Waals surface area contributed by atoms with Crippen molar-refractivity contribution in [3.05, 3.63) is 51.6 Å². The molecule has 1 aromatic heterocycles. The third-order valence-corrected chi connectivity index (χ3v) is 3.76. The molecule has 0 unspecified atom stereocenters. The van der Waals surface area contributed by atoms with Crippen molar-refractivity contribution in [1.29, 1.82) is 0 Å². The van der Waals surface area contributed by atoms with E-state index in [2.05, 4.69) is 31.7 Å². The first-order valence-corrected chi connectivity index (χ1v) is 6.81. The van der Waals surface area contributed by atoms with E-state index in [0.29, 0.717) is 11.4 Å². The molecule has 0 aliphatic heterocycles. The highest BCUT2D eigenvalue weighted by Gasteiger charge is 2.09. The number of nitrogen functional groups attached to an aromatic ring is 1. The number of rotatable bonds is 3. The predicted octanol–water partition coefficient (Wildman–Crippen LogP) is 3.00. The molecular weight excluding hydrogens is 320 g/mol. The van der Waals surface area contributed by atoms with Crippen LogP contribution in [0, 0.1) is 13.8 Å². The van der Waals surface area contributed by atoms with Gasteiger partial charge in [0.05, 0.1) is 5.69 Å². The Bertz CT molecular complexity index is 658. The molecule has 5 nitrogen and oxygen atoms in total. The van der Waals surface area contributed by atoms with Gasteiger partial charge in [-0.25, -0.2) is 4.98 Å². The molecule has 20 heavy (non-hydrogen) atoms. The number of aryl methyl sites for hydroxylation is 2. The first kappa shape index (κ1) is 14.5. The van der Waals surface area contributed by atoms with Gasteiger partial charge in [0.1, 0.15) is 5.82 Å². The predicted molar refractivity (Wildman–Crippen MR) is 83.6 cm³/mol. The normalized spacial score (nSPS) is 10.2. The molecule has 4 N–H and O–H groups in total. The second-order valence-electron chi connectivity index (χ2n) is 4.45. The lowest BCUT2D eigenvalue weighted by Gasteiger charge is -2.09. The van der Waals surface area contributed by atoms with Gasteiger partial charge in [-0.3, -0.25) is 10.6 Å². The first-order valence-electron chi connectivity index (χ1n) is 6.02. The van der Waals surface area contributed by atoms with Gasteiger partial charge < -0.3 is 10.7 Å². The Morgan fingerprint density at radius 3 is 2.60 bits per heavy atom. The summed E-state index contributed by atoms with van der Waals surface area (Å²) in [5.41, 5.74) is 5.84. The standard InChI is InChI=1S/C14H15BrN4O/c1-8-6-13(17-7-11(8)15)18-14(20)10-3-4-12(19-16)9(2)5-10/h3-7,19H,16H2,1-2H3,(H,17,18,20). The number of aromatic nitrogens is 1. The summed E-state index contributed by atoms with van der Waals surface area (Å²) in [5.74, 6) is 5.69. The maximum absolute atomic E-state index is 12.1. The van der Waals surface area contributed by atoms with Crippen LogP contribution in [0.2, 0.25) is 0 Å². The fraction of sp³-hybridized carbons (Fsp3) is 0.143. The zero-order chi connectivity index (χ0) is 14.7. The highest BCUT2D eigenvalue weighted by atomic mass is 79.9. The molecule has 104 valence electrons. The van der Waals surface area contributed by atoms with Gasteiger partial charge in [0, 0.05) is 16.2 Å². The van der Waals surface area contributed by atoms with Gasteiger partial charge in [-0.05, 0) is 65.2 Å². The quantitative estimate of drug-likeness (QED) is 0.595. The number of pyridine rings is 1. The SMILES string of the molecule is Cc1cc(NC(=O)c2ccc(NN)c(C)c2)ncc1Br. The Morgan fingerprint density at radius 2 is 2.00 bits per heavy atom. The van der Waals surface area contributed by atoms with Crippen molar-refractivity contribution in [3.63, 3.8) is 0 Å². The largest absolute Gasteiger partial charge is 0.324 e. The van der Waals surface area contributed by atoms with E-state index in [4.69, 9.17) is 5.84 Å². The van der Waals surface area contributed by atoms with Crippen LogP contribution in [0.5, 0.6) is 0 Å². The van der Waals surface area contributed by atoms with Crippen LogP contribution in [-0.4, -0.2) is 10.9 Å². The molecule has 0 radical (unpaired) electrons. The minimum Gasteiger partial charge on any atom is -0.324 e. The molecule has 0 bridgehead atoms. The average molecular weight is 335 g/mol. The Hall–Kier alpha value is -1.92. The van der Waals surface area contributed by atoms with Crippen LogP contribution in [0.15, 0.2) is 34.9 Å². The third kappa shape index (κ3) is 3.15. The van der Waals surface area contributed by atoms with Crippen LogP contribution in [0.1, 0.15) is 21.5 Å². The molecule has 0 saturated heterocycles. The van der Waals surface area contributed by atoms with Gasteiger partial charge in [0.25, 0.3) is 5.91 Å². The van der Waals surface area contributed by atoms with Crippen molar-refractivity contribution in [2.24, 2.45) is 5.84 Å². The molecule has 0 fully saturated rings. The second kappa shape index (κ2) is 6.02. The Kier molecular flexibility index (Phi) is 4.36. The molecule has 2 aromatic rings. The van der Waals surface area contributed by atoms with E-state index in [1.165, 1.54) is 0 Å². The summed E-state index contributed by atoms with van der Waals surface area (Å²) in [6.07, 6.45) is 1.66. The summed E-state index contributed by atoms with van der Waals surface area (Å²) in [6.45, 7) is 3.82. The van der Waals surface area contributed by atoms with Crippen LogP contribution in [0.3, 0.4) is 0 Å². The van der Waals surface area contributed by atoms with Crippen molar-refractivity contribution in [1.82, 2.24) is 4.98 Å². The number of nitrogens with two attached hydrogens (primary N) is 1. The Balaban J connectivity index is 2.19. The van der Waals surface area contributed by atoms with Gasteiger partial charge in [-0.2, -0.15) is 0 Å². The summed E-state index contributed by atoms with van der Waals surface area (Å²) < 4.78 is 0.907. The fourth-order valence-corrected chi connectivity index (χ4v) is 1.98. The van der Waals surface area contributed by atoms with Gasteiger partial charge >= 0.3 is 0 Å². The van der Waals surface area contributed by atoms with Gasteiger partial charge in [-0.15, -0.1) is 0 Å². The highest BCUT2D eigenvalue weighted by molar-refractivity contribution is 9.10. The molecule has 0 spiro atoms. The van der Waals surface area contributed by atoms with Crippen LogP contribution in [0.25, 0.3) is 0 Å². The summed E-state index contributed by atoms with van der Waals surface area (Å²) in [7, 11) is 0. The molecule has 1 heterocycles. The number of hydrogen-bond donors (Lipinski definition) is 3. The van der Waals surface area contributed by atoms with Crippen molar-refractivity contribution < 1.29 is 4.79 Å². The maximum Gasteiger partial charge on any atom is 0.256 e. The smallest absolute Gasteiger partial charge is 0.256 e. The van der Waals surface area contributed by atoms with E-state index in [9.17, 15) is 4.79 Å². The summed E-state index contributed by atoms with van der Waals surface area (Å²) in [5, 5.41) is 2.77. The van der Waals surface area contributed by atoms with Crippen molar-refractivity contribution in [3.8, 4) is 0 Å². The fourth-order valence-electron chi connectivity index (χ4n) is 1.76. The molecule has 0 atom stereocenters. The lowest BCUT2D eigenvalue weighted by Crippen LogP contribution is -2.14. The number of benzene rings is 1. The van der Waals surface area contributed by atoms with Crippen molar-refractivity contribution in [2.75, 3.05) is 10.7 Å². The zero-order valence-corrected chi connectivity index (χ0v) is 12.8. The molecule has 0 aliphatic carbocycles. The number of hydrogen-bond acceptors (Lipinski definition) is 4. The van der Waals surface area contributed by atoms with E-state index in [0.717, 1.165) is 21.3 Å². The number of hydrazine groups is 1. The topological polar surface area (TPSA) is 80.0 Å². The number of halogens is 1. The lowest BCUT2D eigenvalue weighted by atomic mass is 10.1. The average Bonchev–Trinajstić information content (AvgIpc) is 2.42. The van der Waals surface area contributed by atoms with Crippen LogP contribution in [-0.2, 0) is 0 Å². The van der Waals surface area contributed by atoms with E-state index in [-0.39, 0.29) is 5.91 Å². The Labute approximate surface area is 125 Å². The van der Waals surface area contributed by atoms with Crippen molar-refractivity contribution in [2.45, 2.75) is 13.8 Å². The number of amides is 1. The van der Waals surface area contributed by atoms with Gasteiger partial charge in [0.15, 0.2) is 0 Å². The van der Waals surface area contributed by atoms with Crippen LogP contribution >= 0.6 is 15.9 Å². The molecule has 1 amide bonds. The minimum absolute atomic E-state index is 0.203. The zero-order valence-electron chi connectivity index (χ0n) is 11.2. The van der Waals surface area contributed by atoms with Gasteiger partial charge in [-0.1, -0.05) is 0 Å². The van der Waals surface area contributed by atoms with E-state index >= 15 is 0 Å². The minimum atomic E-state index is -0.203. The molecule has 2 rings (SSSR count). The lowest BCUT2D eigenvalue weighted by molar-refractivity contribution is 0.102. The van der Waals surface area contributed by atoms with Gasteiger partial charge in [0.2, 0.25) is 0 Å². The van der Waals surface area contributed by atoms with Crippen molar-refractivity contribution >= 4 is 33.3 Å². The molecule has 1 aromatic carbocycles. The van der Waals surface area contributed by atoms with E-state index in [1.807, 2.05) is 19.9 Å². The first-order chi connectivity index (χ1) is 9.51. The van der Waals surface area contributed by atoms with E-state index < -0.39 is 0 Å². The number of nitrogens with zero attached hydrogens (tertiary/aromatic N) is 1. The van der Waals surface area contributed by atoms with Crippen LogP contribution < -0.4 is 16.6 Å². The number of carbonyl (C=O) groups excluding carboxylic acids is 1. The summed E-state index contributed by atoms with van der Waals surface area (Å²) >= 11 is 3.37. The summed E-state index contributed by atoms with van der Waals surface area (Å²) in [6, 6.07) is 7.06. The summed E-state index contributed by atoms with van der Waals surface area (Å²) in [4.78, 5) is 16.3. The third-order valence-electron chi connectivity index (χ3n) is 2.93. The van der Waals surface area contributed by atoms with E-state index in [1.54, 1.807) is 24.4 Å². The highest BCUT2D eigenvalue weighted by Crippen LogP contribution is 2.19. The maximum atomic E-state index is 12.1. The Morgan fingerprint density at radius 1 is 1.25 bits per heavy atom. The number of nitrogens with one attached hydrogen (secondary N) is 2. The number of carbonyl (C=O) groups is 1. The molecule has 6 heteroatoms. The monoisotopic (exact) mass is 334 g/mol.